The van der Waals surface area contributed by atoms with Crippen molar-refractivity contribution >= 4 is 10.0 Å². The van der Waals surface area contributed by atoms with E-state index in [4.69, 9.17) is 9.88 Å². The van der Waals surface area contributed by atoms with Crippen LogP contribution in [0.25, 0.3) is 0 Å². The number of aryl methyl sites for hydroxylation is 1. The van der Waals surface area contributed by atoms with Crippen molar-refractivity contribution < 1.29 is 18.3 Å². The van der Waals surface area contributed by atoms with Crippen LogP contribution < -0.4 is 9.88 Å². The predicted molar refractivity (Wildman–Crippen MR) is 80.1 cm³/mol. The topological polar surface area (TPSA) is 89.6 Å². The molecule has 0 amide bonds. The van der Waals surface area contributed by atoms with Gasteiger partial charge in [0.2, 0.25) is 10.0 Å². The molecule has 1 aromatic rings. The van der Waals surface area contributed by atoms with Crippen LogP contribution in [0.15, 0.2) is 6.07 Å². The van der Waals surface area contributed by atoms with Crippen LogP contribution in [0.2, 0.25) is 0 Å². The SMILES string of the molecule is Cc1cc2c(c(C)c1O)C(CS(N)(=O)=O)CC1(CCC1)O2. The number of fused-ring (bicyclic) bond motifs is 1. The quantitative estimate of drug-likeness (QED) is 0.875. The van der Waals surface area contributed by atoms with Crippen molar-refractivity contribution in [3.63, 3.8) is 0 Å². The third-order valence-electron chi connectivity index (χ3n) is 4.80. The standard InChI is InChI=1S/C15H21NO4S/c1-9-6-12-13(10(2)14(9)17)11(8-21(16,18)19)7-15(20-12)4-3-5-15/h6,11,17H,3-5,7-8H2,1-2H3,(H2,16,18,19). The summed E-state index contributed by atoms with van der Waals surface area (Å²) in [4.78, 5) is 0. The van der Waals surface area contributed by atoms with Crippen molar-refractivity contribution in [2.24, 2.45) is 5.14 Å². The molecule has 1 fully saturated rings. The van der Waals surface area contributed by atoms with Crippen LogP contribution in [0.1, 0.15) is 48.3 Å². The fourth-order valence-electron chi connectivity index (χ4n) is 3.67. The highest BCUT2D eigenvalue weighted by Gasteiger charge is 2.47. The second-order valence-corrected chi connectivity index (χ2v) is 8.11. The zero-order valence-corrected chi connectivity index (χ0v) is 13.2. The average Bonchev–Trinajstić information content (AvgIpc) is 2.31. The number of primary sulfonamides is 1. The molecule has 21 heavy (non-hydrogen) atoms. The summed E-state index contributed by atoms with van der Waals surface area (Å²) in [5, 5.41) is 15.4. The van der Waals surface area contributed by atoms with Crippen LogP contribution in [-0.2, 0) is 10.0 Å². The van der Waals surface area contributed by atoms with E-state index in [0.29, 0.717) is 17.7 Å². The lowest BCUT2D eigenvalue weighted by atomic mass is 9.70. The van der Waals surface area contributed by atoms with E-state index >= 15 is 0 Å². The zero-order valence-electron chi connectivity index (χ0n) is 12.3. The Morgan fingerprint density at radius 3 is 2.62 bits per heavy atom. The molecule has 6 heteroatoms. The smallest absolute Gasteiger partial charge is 0.209 e. The summed E-state index contributed by atoms with van der Waals surface area (Å²) in [6.07, 6.45) is 3.66. The highest BCUT2D eigenvalue weighted by Crippen LogP contribution is 2.52. The molecule has 2 aliphatic rings. The maximum absolute atomic E-state index is 11.6. The Morgan fingerprint density at radius 1 is 1.43 bits per heavy atom. The minimum absolute atomic E-state index is 0.103. The summed E-state index contributed by atoms with van der Waals surface area (Å²) in [5.74, 6) is 0.605. The van der Waals surface area contributed by atoms with Gasteiger partial charge in [-0.15, -0.1) is 0 Å². The Morgan fingerprint density at radius 2 is 2.10 bits per heavy atom. The lowest BCUT2D eigenvalue weighted by Gasteiger charge is -2.48. The number of benzene rings is 1. The third-order valence-corrected chi connectivity index (χ3v) is 5.66. The Hall–Kier alpha value is -1.27. The number of phenols is 1. The minimum atomic E-state index is -3.58. The molecule has 1 atom stereocenters. The molecular formula is C15H21NO4S. The molecule has 1 saturated carbocycles. The first-order valence-electron chi connectivity index (χ1n) is 7.23. The van der Waals surface area contributed by atoms with Crippen LogP contribution in [0.5, 0.6) is 11.5 Å². The van der Waals surface area contributed by atoms with Crippen LogP contribution in [0.3, 0.4) is 0 Å². The highest BCUT2D eigenvalue weighted by molar-refractivity contribution is 7.89. The molecule has 1 aliphatic heterocycles. The third kappa shape index (κ3) is 2.51. The van der Waals surface area contributed by atoms with Gasteiger partial charge in [0, 0.05) is 11.5 Å². The lowest BCUT2D eigenvalue weighted by molar-refractivity contribution is -0.0317. The van der Waals surface area contributed by atoms with Gasteiger partial charge in [0.1, 0.15) is 17.1 Å². The van der Waals surface area contributed by atoms with Gasteiger partial charge in [-0.05, 0) is 56.7 Å². The van der Waals surface area contributed by atoms with Crippen molar-refractivity contribution in [2.75, 3.05) is 5.75 Å². The Labute approximate surface area is 125 Å². The maximum atomic E-state index is 11.6. The van der Waals surface area contributed by atoms with Gasteiger partial charge in [0.25, 0.3) is 0 Å². The minimum Gasteiger partial charge on any atom is -0.507 e. The van der Waals surface area contributed by atoms with Crippen molar-refractivity contribution in [1.29, 1.82) is 0 Å². The zero-order chi connectivity index (χ0) is 15.4. The van der Waals surface area contributed by atoms with Gasteiger partial charge >= 0.3 is 0 Å². The van der Waals surface area contributed by atoms with Gasteiger partial charge in [-0.1, -0.05) is 0 Å². The number of nitrogens with two attached hydrogens (primary N) is 1. The monoisotopic (exact) mass is 311 g/mol. The number of aromatic hydroxyl groups is 1. The van der Waals surface area contributed by atoms with E-state index in [2.05, 4.69) is 0 Å². The van der Waals surface area contributed by atoms with Gasteiger partial charge in [0.05, 0.1) is 5.75 Å². The molecule has 0 bridgehead atoms. The van der Waals surface area contributed by atoms with Crippen LogP contribution in [0, 0.1) is 13.8 Å². The molecule has 3 N–H and O–H groups in total. The summed E-state index contributed by atoms with van der Waals surface area (Å²) < 4.78 is 29.3. The number of phenolic OH excluding ortho intramolecular Hbond substituents is 1. The van der Waals surface area contributed by atoms with Crippen molar-refractivity contribution in [3.8, 4) is 11.5 Å². The van der Waals surface area contributed by atoms with E-state index < -0.39 is 10.0 Å². The molecular weight excluding hydrogens is 290 g/mol. The highest BCUT2D eigenvalue weighted by atomic mass is 32.2. The van der Waals surface area contributed by atoms with E-state index in [1.54, 1.807) is 6.92 Å². The second-order valence-electron chi connectivity index (χ2n) is 6.45. The molecule has 1 aliphatic carbocycles. The van der Waals surface area contributed by atoms with Gasteiger partial charge in [-0.25, -0.2) is 13.6 Å². The molecule has 1 spiro atoms. The van der Waals surface area contributed by atoms with Gasteiger partial charge < -0.3 is 9.84 Å². The average molecular weight is 311 g/mol. The number of hydrogen-bond donors (Lipinski definition) is 2. The first kappa shape index (κ1) is 14.7. The fourth-order valence-corrected chi connectivity index (χ4v) is 4.51. The van der Waals surface area contributed by atoms with Crippen LogP contribution in [0.4, 0.5) is 0 Å². The Bertz CT molecular complexity index is 692. The summed E-state index contributed by atoms with van der Waals surface area (Å²) in [6, 6.07) is 1.81. The van der Waals surface area contributed by atoms with Gasteiger partial charge in [-0.3, -0.25) is 0 Å². The van der Waals surface area contributed by atoms with E-state index in [1.165, 1.54) is 0 Å². The molecule has 1 aromatic carbocycles. The van der Waals surface area contributed by atoms with Crippen LogP contribution >= 0.6 is 0 Å². The molecule has 3 rings (SSSR count). The largest absolute Gasteiger partial charge is 0.507 e. The fraction of sp³-hybridized carbons (Fsp3) is 0.600. The van der Waals surface area contributed by atoms with E-state index in [1.807, 2.05) is 13.0 Å². The summed E-state index contributed by atoms with van der Waals surface area (Å²) >= 11 is 0. The Kier molecular flexibility index (Phi) is 3.22. The first-order valence-corrected chi connectivity index (χ1v) is 8.95. The predicted octanol–water partition coefficient (Wildman–Crippen LogP) is 2.09. The summed E-state index contributed by atoms with van der Waals surface area (Å²) in [7, 11) is -3.58. The maximum Gasteiger partial charge on any atom is 0.209 e. The first-order chi connectivity index (χ1) is 9.71. The van der Waals surface area contributed by atoms with E-state index in [9.17, 15) is 13.5 Å². The molecule has 0 radical (unpaired) electrons. The molecule has 5 nitrogen and oxygen atoms in total. The molecule has 0 saturated heterocycles. The van der Waals surface area contributed by atoms with Gasteiger partial charge in [-0.2, -0.15) is 0 Å². The number of ether oxygens (including phenoxy) is 1. The molecule has 116 valence electrons. The normalized spacial score (nSPS) is 23.3. The number of rotatable bonds is 2. The number of hydrogen-bond acceptors (Lipinski definition) is 4. The van der Waals surface area contributed by atoms with E-state index in [-0.39, 0.29) is 23.0 Å². The van der Waals surface area contributed by atoms with Crippen molar-refractivity contribution in [2.45, 2.75) is 51.0 Å². The van der Waals surface area contributed by atoms with Gasteiger partial charge in [0.15, 0.2) is 0 Å². The molecule has 0 aromatic heterocycles. The Balaban J connectivity index is 2.11. The summed E-state index contributed by atoms with van der Waals surface area (Å²) in [6.45, 7) is 3.63. The molecule has 1 heterocycles. The second kappa shape index (κ2) is 4.61. The summed E-state index contributed by atoms with van der Waals surface area (Å²) in [5.41, 5.74) is 2.01. The van der Waals surface area contributed by atoms with Crippen LogP contribution in [-0.4, -0.2) is 24.9 Å². The van der Waals surface area contributed by atoms with E-state index in [0.717, 1.165) is 30.4 Å². The molecule has 1 unspecified atom stereocenters. The lowest BCUT2D eigenvalue weighted by Crippen LogP contribution is -2.48. The van der Waals surface area contributed by atoms with Crippen molar-refractivity contribution in [3.05, 3.63) is 22.8 Å². The number of sulfonamides is 1. The van der Waals surface area contributed by atoms with Crippen molar-refractivity contribution in [1.82, 2.24) is 0 Å².